The topological polar surface area (TPSA) is 43.1 Å². The molecule has 1 heterocycles. The number of aromatic nitrogens is 1. The fourth-order valence-electron chi connectivity index (χ4n) is 0.358. The summed E-state index contributed by atoms with van der Waals surface area (Å²) in [5.41, 5.74) is 0. The van der Waals surface area contributed by atoms with Gasteiger partial charge in [0.1, 0.15) is 0 Å². The zero-order valence-electron chi connectivity index (χ0n) is 4.38. The molecular formula is C4H5NO2S. The molecule has 44 valence electrons. The summed E-state index contributed by atoms with van der Waals surface area (Å²) in [6.45, 7) is 1.89. The van der Waals surface area contributed by atoms with Gasteiger partial charge in [0.2, 0.25) is 5.89 Å². The Hall–Kier alpha value is -0.640. The number of rotatable bonds is 1. The van der Waals surface area contributed by atoms with Crippen LogP contribution >= 0.6 is 11.5 Å². The van der Waals surface area contributed by atoms with E-state index in [1.807, 2.05) is 6.92 Å². The van der Waals surface area contributed by atoms with Crippen LogP contribution in [0.3, 0.4) is 0 Å². The number of hydrogen-bond acceptors (Lipinski definition) is 4. The van der Waals surface area contributed by atoms with Gasteiger partial charge in [0.15, 0.2) is 0 Å². The first kappa shape index (κ1) is 5.50. The quantitative estimate of drug-likeness (QED) is 0.562. The maximum atomic E-state index is 10.2. The van der Waals surface area contributed by atoms with E-state index in [0.29, 0.717) is 12.3 Å². The molecule has 0 N–H and O–H groups in total. The molecule has 1 rings (SSSR count). The zero-order valence-corrected chi connectivity index (χ0v) is 5.20. The second kappa shape index (κ2) is 2.09. The molecule has 0 saturated heterocycles. The molecule has 0 atom stereocenters. The van der Waals surface area contributed by atoms with Crippen molar-refractivity contribution in [3.05, 3.63) is 15.6 Å². The van der Waals surface area contributed by atoms with Crippen LogP contribution in [0.15, 0.2) is 9.21 Å². The maximum Gasteiger partial charge on any atom is 0.414 e. The second-order valence-corrected chi connectivity index (χ2v) is 1.98. The van der Waals surface area contributed by atoms with Crippen LogP contribution in [0.4, 0.5) is 0 Å². The molecule has 0 aliphatic heterocycles. The SMILES string of the molecule is CCc1nsc(=O)o1. The minimum Gasteiger partial charge on any atom is -0.399 e. The van der Waals surface area contributed by atoms with Crippen molar-refractivity contribution in [1.82, 2.24) is 4.37 Å². The maximum absolute atomic E-state index is 10.2. The highest BCUT2D eigenvalue weighted by atomic mass is 32.1. The molecule has 0 radical (unpaired) electrons. The minimum absolute atomic E-state index is 0.318. The molecule has 1 aromatic heterocycles. The summed E-state index contributed by atoms with van der Waals surface area (Å²) < 4.78 is 8.28. The second-order valence-electron chi connectivity index (χ2n) is 1.28. The lowest BCUT2D eigenvalue weighted by atomic mass is 10.5. The zero-order chi connectivity index (χ0) is 5.98. The van der Waals surface area contributed by atoms with Crippen LogP contribution in [0.1, 0.15) is 12.8 Å². The molecule has 1 aromatic rings. The van der Waals surface area contributed by atoms with Crippen molar-refractivity contribution in [2.45, 2.75) is 13.3 Å². The average molecular weight is 131 g/mol. The van der Waals surface area contributed by atoms with Gasteiger partial charge in [0.25, 0.3) is 0 Å². The van der Waals surface area contributed by atoms with E-state index in [1.165, 1.54) is 0 Å². The average Bonchev–Trinajstić information content (AvgIpc) is 2.14. The van der Waals surface area contributed by atoms with Gasteiger partial charge in [-0.15, -0.1) is 0 Å². The summed E-state index contributed by atoms with van der Waals surface area (Å²) in [4.78, 5) is 9.92. The van der Waals surface area contributed by atoms with Gasteiger partial charge in [-0.3, -0.25) is 0 Å². The van der Waals surface area contributed by atoms with E-state index in [0.717, 1.165) is 11.5 Å². The van der Waals surface area contributed by atoms with E-state index in [1.54, 1.807) is 0 Å². The molecule has 0 saturated carbocycles. The van der Waals surface area contributed by atoms with E-state index in [9.17, 15) is 4.79 Å². The Bertz CT molecular complexity index is 214. The van der Waals surface area contributed by atoms with Crippen LogP contribution in [0.25, 0.3) is 0 Å². The monoisotopic (exact) mass is 131 g/mol. The lowest BCUT2D eigenvalue weighted by molar-refractivity contribution is 0.474. The van der Waals surface area contributed by atoms with Crippen LogP contribution < -0.4 is 4.94 Å². The third-order valence-corrected chi connectivity index (χ3v) is 1.25. The van der Waals surface area contributed by atoms with E-state index < -0.39 is 0 Å². The van der Waals surface area contributed by atoms with Crippen LogP contribution in [-0.2, 0) is 6.42 Å². The predicted molar refractivity (Wildman–Crippen MR) is 30.0 cm³/mol. The number of hydrogen-bond donors (Lipinski definition) is 0. The Kier molecular flexibility index (Phi) is 1.43. The van der Waals surface area contributed by atoms with Crippen molar-refractivity contribution < 1.29 is 4.42 Å². The van der Waals surface area contributed by atoms with Gasteiger partial charge in [-0.05, 0) is 0 Å². The molecule has 4 heteroatoms. The molecule has 0 bridgehead atoms. The van der Waals surface area contributed by atoms with E-state index in [-0.39, 0.29) is 4.94 Å². The van der Waals surface area contributed by atoms with Gasteiger partial charge < -0.3 is 4.42 Å². The summed E-state index contributed by atoms with van der Waals surface area (Å²) in [6, 6.07) is 0. The molecule has 0 spiro atoms. The fraction of sp³-hybridized carbons (Fsp3) is 0.500. The molecule has 0 fully saturated rings. The van der Waals surface area contributed by atoms with Crippen LogP contribution in [0.5, 0.6) is 0 Å². The minimum atomic E-state index is -0.318. The molecule has 0 aliphatic carbocycles. The van der Waals surface area contributed by atoms with Gasteiger partial charge in [-0.25, -0.2) is 4.79 Å². The molecular weight excluding hydrogens is 126 g/mol. The Morgan fingerprint density at radius 3 is 2.88 bits per heavy atom. The highest BCUT2D eigenvalue weighted by Crippen LogP contribution is 1.91. The highest BCUT2D eigenvalue weighted by molar-refractivity contribution is 7.02. The van der Waals surface area contributed by atoms with Crippen molar-refractivity contribution in [3.63, 3.8) is 0 Å². The van der Waals surface area contributed by atoms with Gasteiger partial charge in [-0.2, -0.15) is 4.37 Å². The van der Waals surface area contributed by atoms with Crippen LogP contribution in [0, 0.1) is 0 Å². The Labute approximate surface area is 50.1 Å². The van der Waals surface area contributed by atoms with E-state index in [2.05, 4.69) is 8.79 Å². The molecule has 0 unspecified atom stereocenters. The lowest BCUT2D eigenvalue weighted by Gasteiger charge is -1.75. The van der Waals surface area contributed by atoms with Gasteiger partial charge >= 0.3 is 4.94 Å². The van der Waals surface area contributed by atoms with Crippen molar-refractivity contribution in [1.29, 1.82) is 0 Å². The van der Waals surface area contributed by atoms with Crippen molar-refractivity contribution >= 4 is 11.5 Å². The van der Waals surface area contributed by atoms with Crippen LogP contribution in [0.2, 0.25) is 0 Å². The molecule has 3 nitrogen and oxygen atoms in total. The largest absolute Gasteiger partial charge is 0.414 e. The Morgan fingerprint density at radius 2 is 2.62 bits per heavy atom. The summed E-state index contributed by atoms with van der Waals surface area (Å²) in [6.07, 6.45) is 0.693. The first-order valence-electron chi connectivity index (χ1n) is 2.28. The van der Waals surface area contributed by atoms with Crippen molar-refractivity contribution in [2.24, 2.45) is 0 Å². The molecule has 0 aromatic carbocycles. The van der Waals surface area contributed by atoms with E-state index in [4.69, 9.17) is 0 Å². The number of nitrogens with zero attached hydrogens (tertiary/aromatic N) is 1. The number of aryl methyl sites for hydroxylation is 1. The molecule has 8 heavy (non-hydrogen) atoms. The van der Waals surface area contributed by atoms with Crippen LogP contribution in [-0.4, -0.2) is 4.37 Å². The molecule has 0 amide bonds. The summed E-state index contributed by atoms with van der Waals surface area (Å²) >= 11 is 0.857. The van der Waals surface area contributed by atoms with E-state index >= 15 is 0 Å². The predicted octanol–water partition coefficient (Wildman–Crippen LogP) is 0.659. The molecule has 0 aliphatic rings. The first-order chi connectivity index (χ1) is 3.83. The van der Waals surface area contributed by atoms with Crippen molar-refractivity contribution in [2.75, 3.05) is 0 Å². The summed E-state index contributed by atoms with van der Waals surface area (Å²) in [5, 5.41) is 0. The third kappa shape index (κ3) is 0.949. The van der Waals surface area contributed by atoms with Gasteiger partial charge in [0, 0.05) is 18.0 Å². The lowest BCUT2D eigenvalue weighted by Crippen LogP contribution is -1.82. The summed E-state index contributed by atoms with van der Waals surface area (Å²) in [7, 11) is 0. The third-order valence-electron chi connectivity index (χ3n) is 0.726. The van der Waals surface area contributed by atoms with Gasteiger partial charge in [0.05, 0.1) is 0 Å². The summed E-state index contributed by atoms with van der Waals surface area (Å²) in [5.74, 6) is 0.528. The standard InChI is InChI=1S/C4H5NO2S/c1-2-3-5-8-4(6)7-3/h2H2,1H3. The first-order valence-corrected chi connectivity index (χ1v) is 3.06. The highest BCUT2D eigenvalue weighted by Gasteiger charge is 1.94. The normalized spacial score (nSPS) is 9.62. The fourth-order valence-corrected chi connectivity index (χ4v) is 0.835. The van der Waals surface area contributed by atoms with Gasteiger partial charge in [-0.1, -0.05) is 6.92 Å². The van der Waals surface area contributed by atoms with Crippen molar-refractivity contribution in [3.8, 4) is 0 Å². The smallest absolute Gasteiger partial charge is 0.399 e. The Balaban J connectivity index is 3.01. The Morgan fingerprint density at radius 1 is 1.88 bits per heavy atom.